The van der Waals surface area contributed by atoms with Gasteiger partial charge in [-0.3, -0.25) is 14.4 Å². The van der Waals surface area contributed by atoms with E-state index in [0.29, 0.717) is 23.9 Å². The molecule has 0 aromatic heterocycles. The summed E-state index contributed by atoms with van der Waals surface area (Å²) in [4.78, 5) is 33.7. The number of nitrogens with zero attached hydrogens (tertiary/aromatic N) is 1. The third kappa shape index (κ3) is 11.9. The van der Waals surface area contributed by atoms with Crippen LogP contribution in [0.5, 0.6) is 0 Å². The van der Waals surface area contributed by atoms with Crippen LogP contribution in [0.3, 0.4) is 0 Å². The van der Waals surface area contributed by atoms with Crippen LogP contribution < -0.4 is 5.32 Å². The zero-order valence-corrected chi connectivity index (χ0v) is 13.3. The van der Waals surface area contributed by atoms with E-state index in [1.165, 1.54) is 0 Å². The Hall–Kier alpha value is -1.63. The SMILES string of the molecule is CCCC(=O)OC(CC(=O)NCCC(=O)O)C[N+](C)(C)C. The maximum Gasteiger partial charge on any atom is 0.306 e. The monoisotopic (exact) mass is 303 g/mol. The fraction of sp³-hybridized carbons (Fsp3) is 0.786. The Morgan fingerprint density at radius 2 is 1.81 bits per heavy atom. The molecule has 0 aromatic rings. The number of hydrogen-bond donors (Lipinski definition) is 2. The lowest BCUT2D eigenvalue weighted by molar-refractivity contribution is -0.873. The van der Waals surface area contributed by atoms with Gasteiger partial charge < -0.3 is 19.6 Å². The number of carbonyl (C=O) groups excluding carboxylic acids is 2. The van der Waals surface area contributed by atoms with E-state index in [1.54, 1.807) is 0 Å². The zero-order valence-electron chi connectivity index (χ0n) is 13.3. The first-order chi connectivity index (χ1) is 9.64. The first-order valence-electron chi connectivity index (χ1n) is 7.12. The highest BCUT2D eigenvalue weighted by Gasteiger charge is 2.24. The molecule has 0 rings (SSSR count). The molecule has 7 heteroatoms. The Kier molecular flexibility index (Phi) is 8.61. The van der Waals surface area contributed by atoms with Crippen LogP contribution >= 0.6 is 0 Å². The van der Waals surface area contributed by atoms with Gasteiger partial charge in [0, 0.05) is 13.0 Å². The van der Waals surface area contributed by atoms with E-state index in [9.17, 15) is 14.4 Å². The normalized spacial score (nSPS) is 12.6. The number of amides is 1. The highest BCUT2D eigenvalue weighted by Crippen LogP contribution is 2.07. The van der Waals surface area contributed by atoms with Crippen molar-refractivity contribution < 1.29 is 28.7 Å². The molecule has 21 heavy (non-hydrogen) atoms. The van der Waals surface area contributed by atoms with Crippen molar-refractivity contribution >= 4 is 17.8 Å². The molecule has 122 valence electrons. The number of quaternary nitrogens is 1. The molecule has 7 nitrogen and oxygen atoms in total. The highest BCUT2D eigenvalue weighted by molar-refractivity contribution is 5.78. The summed E-state index contributed by atoms with van der Waals surface area (Å²) in [5, 5.41) is 11.0. The van der Waals surface area contributed by atoms with Crippen LogP contribution in [0.15, 0.2) is 0 Å². The van der Waals surface area contributed by atoms with Crippen molar-refractivity contribution in [3.63, 3.8) is 0 Å². The molecule has 0 radical (unpaired) electrons. The lowest BCUT2D eigenvalue weighted by Crippen LogP contribution is -2.45. The Balaban J connectivity index is 4.41. The maximum atomic E-state index is 11.8. The third-order valence-corrected chi connectivity index (χ3v) is 2.58. The average molecular weight is 303 g/mol. The number of ether oxygens (including phenoxy) is 1. The molecule has 1 amide bonds. The van der Waals surface area contributed by atoms with E-state index in [0.717, 1.165) is 0 Å². The lowest BCUT2D eigenvalue weighted by atomic mass is 10.2. The Morgan fingerprint density at radius 3 is 2.29 bits per heavy atom. The van der Waals surface area contributed by atoms with Crippen molar-refractivity contribution in [1.29, 1.82) is 0 Å². The number of likely N-dealkylation sites (N-methyl/N-ethyl adjacent to an activating group) is 1. The van der Waals surface area contributed by atoms with E-state index in [-0.39, 0.29) is 31.3 Å². The maximum absolute atomic E-state index is 11.8. The predicted octanol–water partition coefficient (Wildman–Crippen LogP) is 0.386. The van der Waals surface area contributed by atoms with E-state index in [2.05, 4.69) is 5.32 Å². The topological polar surface area (TPSA) is 92.7 Å². The van der Waals surface area contributed by atoms with Crippen LogP contribution in [0.4, 0.5) is 0 Å². The molecule has 1 unspecified atom stereocenters. The van der Waals surface area contributed by atoms with Crippen LogP contribution in [0.1, 0.15) is 32.6 Å². The number of carbonyl (C=O) groups is 3. The Bertz CT molecular complexity index is 363. The molecule has 0 saturated heterocycles. The summed E-state index contributed by atoms with van der Waals surface area (Å²) in [6.07, 6.45) is 0.440. The van der Waals surface area contributed by atoms with Crippen molar-refractivity contribution in [2.45, 2.75) is 38.7 Å². The largest absolute Gasteiger partial charge is 0.481 e. The fourth-order valence-electron chi connectivity index (χ4n) is 1.79. The molecule has 0 aliphatic rings. The summed E-state index contributed by atoms with van der Waals surface area (Å²) < 4.78 is 5.90. The summed E-state index contributed by atoms with van der Waals surface area (Å²) in [7, 11) is 5.84. The lowest BCUT2D eigenvalue weighted by Gasteiger charge is -2.28. The molecule has 0 fully saturated rings. The van der Waals surface area contributed by atoms with Crippen molar-refractivity contribution in [3.8, 4) is 0 Å². The van der Waals surface area contributed by atoms with Crippen molar-refractivity contribution in [3.05, 3.63) is 0 Å². The van der Waals surface area contributed by atoms with Gasteiger partial charge >= 0.3 is 11.9 Å². The zero-order chi connectivity index (χ0) is 16.5. The van der Waals surface area contributed by atoms with Gasteiger partial charge in [-0.25, -0.2) is 0 Å². The van der Waals surface area contributed by atoms with Gasteiger partial charge in [0.1, 0.15) is 6.54 Å². The second-order valence-electron chi connectivity index (χ2n) is 6.03. The number of carboxylic acids is 1. The predicted molar refractivity (Wildman–Crippen MR) is 77.6 cm³/mol. The van der Waals surface area contributed by atoms with Crippen molar-refractivity contribution in [1.82, 2.24) is 5.32 Å². The van der Waals surface area contributed by atoms with Gasteiger partial charge in [0.2, 0.25) is 5.91 Å². The smallest absolute Gasteiger partial charge is 0.306 e. The molecule has 0 spiro atoms. The van der Waals surface area contributed by atoms with E-state index in [1.807, 2.05) is 28.1 Å². The Labute approximate surface area is 125 Å². The summed E-state index contributed by atoms with van der Waals surface area (Å²) in [5.74, 6) is -1.58. The van der Waals surface area contributed by atoms with Gasteiger partial charge in [-0.05, 0) is 6.42 Å². The molecule has 1 atom stereocenters. The van der Waals surface area contributed by atoms with Gasteiger partial charge in [-0.15, -0.1) is 0 Å². The number of rotatable bonds is 10. The minimum absolute atomic E-state index is 0.0462. The second kappa shape index (κ2) is 9.33. The second-order valence-corrected chi connectivity index (χ2v) is 6.03. The first-order valence-corrected chi connectivity index (χ1v) is 7.12. The highest BCUT2D eigenvalue weighted by atomic mass is 16.5. The standard InChI is InChI=1S/C14H26N2O5/c1-5-6-14(20)21-11(10-16(2,3)4)9-12(17)15-8-7-13(18)19/h11H,5-10H2,1-4H3,(H-,15,17,18,19)/p+1. The van der Waals surface area contributed by atoms with Crippen LogP contribution in [0.2, 0.25) is 0 Å². The van der Waals surface area contributed by atoms with Crippen LogP contribution in [-0.2, 0) is 19.1 Å². The molecule has 0 heterocycles. The number of aliphatic carboxylic acids is 1. The summed E-state index contributed by atoms with van der Waals surface area (Å²) >= 11 is 0. The van der Waals surface area contributed by atoms with Gasteiger partial charge in [-0.1, -0.05) is 6.92 Å². The van der Waals surface area contributed by atoms with Gasteiger partial charge in [-0.2, -0.15) is 0 Å². The molecular weight excluding hydrogens is 276 g/mol. The number of nitrogens with one attached hydrogen (secondary N) is 1. The van der Waals surface area contributed by atoms with Crippen molar-refractivity contribution in [2.24, 2.45) is 0 Å². The molecule has 0 bridgehead atoms. The fourth-order valence-corrected chi connectivity index (χ4v) is 1.79. The van der Waals surface area contributed by atoms with Crippen molar-refractivity contribution in [2.75, 3.05) is 34.2 Å². The van der Waals surface area contributed by atoms with Gasteiger partial charge in [0.15, 0.2) is 6.10 Å². The average Bonchev–Trinajstić information content (AvgIpc) is 2.25. The summed E-state index contributed by atoms with van der Waals surface area (Å²) in [6, 6.07) is 0. The van der Waals surface area contributed by atoms with Crippen LogP contribution in [-0.4, -0.2) is 67.8 Å². The molecule has 2 N–H and O–H groups in total. The van der Waals surface area contributed by atoms with Gasteiger partial charge in [0.05, 0.1) is 34.0 Å². The molecule has 0 aromatic carbocycles. The first kappa shape index (κ1) is 19.4. The summed E-state index contributed by atoms with van der Waals surface area (Å²) in [6.45, 7) is 2.48. The molecule has 0 aliphatic heterocycles. The van der Waals surface area contributed by atoms with E-state index < -0.39 is 12.1 Å². The van der Waals surface area contributed by atoms with E-state index >= 15 is 0 Å². The third-order valence-electron chi connectivity index (χ3n) is 2.58. The molecule has 0 aliphatic carbocycles. The quantitative estimate of drug-likeness (QED) is 0.450. The minimum atomic E-state index is -0.965. The number of esters is 1. The Morgan fingerprint density at radius 1 is 1.19 bits per heavy atom. The number of hydrogen-bond acceptors (Lipinski definition) is 4. The summed E-state index contributed by atoms with van der Waals surface area (Å²) in [5.41, 5.74) is 0. The molecular formula is C14H27N2O5+. The van der Waals surface area contributed by atoms with E-state index in [4.69, 9.17) is 9.84 Å². The molecule has 0 saturated carbocycles. The number of carboxylic acid groups (broad SMARTS) is 1. The van der Waals surface area contributed by atoms with Crippen LogP contribution in [0, 0.1) is 0 Å². The minimum Gasteiger partial charge on any atom is -0.481 e. The van der Waals surface area contributed by atoms with Crippen LogP contribution in [0.25, 0.3) is 0 Å². The van der Waals surface area contributed by atoms with Gasteiger partial charge in [0.25, 0.3) is 0 Å².